The van der Waals surface area contributed by atoms with E-state index >= 15 is 0 Å². The van der Waals surface area contributed by atoms with Gasteiger partial charge in [0.05, 0.1) is 29.2 Å². The van der Waals surface area contributed by atoms with Crippen molar-refractivity contribution in [2.75, 3.05) is 23.3 Å². The molecule has 1 saturated heterocycles. The summed E-state index contributed by atoms with van der Waals surface area (Å²) < 4.78 is 1.86. The van der Waals surface area contributed by atoms with Crippen molar-refractivity contribution in [1.29, 1.82) is 0 Å². The topological polar surface area (TPSA) is 93.2 Å². The Morgan fingerprint density at radius 2 is 1.77 bits per heavy atom. The molecule has 0 unspecified atom stereocenters. The van der Waals surface area contributed by atoms with E-state index in [0.29, 0.717) is 11.3 Å². The molecule has 7 heteroatoms. The smallest absolute Gasteiger partial charge is 0.248 e. The Morgan fingerprint density at radius 3 is 2.45 bits per heavy atom. The van der Waals surface area contributed by atoms with Gasteiger partial charge in [-0.15, -0.1) is 0 Å². The minimum Gasteiger partial charge on any atom is -0.370 e. The first-order valence-electron chi connectivity index (χ1n) is 10.5. The van der Waals surface area contributed by atoms with Crippen molar-refractivity contribution in [2.45, 2.75) is 33.1 Å². The highest BCUT2D eigenvalue weighted by molar-refractivity contribution is 6.00. The Bertz CT molecular complexity index is 1110. The molecule has 0 atom stereocenters. The van der Waals surface area contributed by atoms with Gasteiger partial charge in [0.1, 0.15) is 0 Å². The van der Waals surface area contributed by atoms with Crippen molar-refractivity contribution in [1.82, 2.24) is 9.78 Å². The molecule has 1 fully saturated rings. The first kappa shape index (κ1) is 20.7. The number of aromatic nitrogens is 2. The van der Waals surface area contributed by atoms with Crippen molar-refractivity contribution < 1.29 is 9.59 Å². The predicted molar refractivity (Wildman–Crippen MR) is 122 cm³/mol. The lowest BCUT2D eigenvalue weighted by Gasteiger charge is -2.22. The zero-order chi connectivity index (χ0) is 22.0. The molecule has 0 aliphatic carbocycles. The fraction of sp³-hybridized carbons (Fsp3) is 0.292. The van der Waals surface area contributed by atoms with Crippen LogP contribution < -0.4 is 16.0 Å². The number of anilines is 2. The fourth-order valence-electron chi connectivity index (χ4n) is 4.13. The number of nitrogens with zero attached hydrogens (tertiary/aromatic N) is 3. The fourth-order valence-corrected chi connectivity index (χ4v) is 4.13. The molecule has 0 saturated carbocycles. The van der Waals surface area contributed by atoms with E-state index in [1.165, 1.54) is 0 Å². The molecule has 7 nitrogen and oxygen atoms in total. The molecule has 1 aromatic heterocycles. The van der Waals surface area contributed by atoms with Crippen LogP contribution in [0.5, 0.6) is 0 Å². The molecule has 2 amide bonds. The molecule has 4 rings (SSSR count). The van der Waals surface area contributed by atoms with E-state index < -0.39 is 5.91 Å². The van der Waals surface area contributed by atoms with Crippen molar-refractivity contribution in [3.8, 4) is 5.69 Å². The van der Waals surface area contributed by atoms with Gasteiger partial charge in [0.25, 0.3) is 0 Å². The largest absolute Gasteiger partial charge is 0.370 e. The van der Waals surface area contributed by atoms with Crippen LogP contribution in [0.25, 0.3) is 5.69 Å². The van der Waals surface area contributed by atoms with Gasteiger partial charge >= 0.3 is 0 Å². The number of nitrogens with two attached hydrogens (primary N) is 1. The first-order valence-corrected chi connectivity index (χ1v) is 10.5. The number of primary amides is 1. The molecule has 0 spiro atoms. The highest BCUT2D eigenvalue weighted by Gasteiger charge is 2.20. The van der Waals surface area contributed by atoms with E-state index in [9.17, 15) is 9.59 Å². The summed E-state index contributed by atoms with van der Waals surface area (Å²) in [4.78, 5) is 26.9. The van der Waals surface area contributed by atoms with Crippen LogP contribution in [0.1, 0.15) is 40.2 Å². The van der Waals surface area contributed by atoms with Gasteiger partial charge in [0, 0.05) is 29.9 Å². The summed E-state index contributed by atoms with van der Waals surface area (Å²) in [6, 6.07) is 15.1. The summed E-state index contributed by atoms with van der Waals surface area (Å²) >= 11 is 0. The van der Waals surface area contributed by atoms with E-state index in [2.05, 4.69) is 15.3 Å². The van der Waals surface area contributed by atoms with Gasteiger partial charge in [-0.1, -0.05) is 18.2 Å². The standard InChI is InChI=1S/C24H27N5O2/c1-16-20(17(2)29(27-16)19-8-4-3-5-9-19)15-23(30)26-21-14-18(24(25)31)10-11-22(21)28-12-6-7-13-28/h3-5,8-11,14H,6-7,12-13,15H2,1-2H3,(H2,25,31)(H,26,30). The molecule has 160 valence electrons. The van der Waals surface area contributed by atoms with Gasteiger partial charge in [-0.3, -0.25) is 9.59 Å². The van der Waals surface area contributed by atoms with E-state index in [1.807, 2.05) is 54.9 Å². The number of benzene rings is 2. The lowest BCUT2D eigenvalue weighted by molar-refractivity contribution is -0.115. The zero-order valence-electron chi connectivity index (χ0n) is 17.9. The van der Waals surface area contributed by atoms with Crippen molar-refractivity contribution in [3.63, 3.8) is 0 Å². The third-order valence-corrected chi connectivity index (χ3v) is 5.78. The van der Waals surface area contributed by atoms with E-state index in [4.69, 9.17) is 5.73 Å². The summed E-state index contributed by atoms with van der Waals surface area (Å²) in [7, 11) is 0. The van der Waals surface area contributed by atoms with Crippen LogP contribution in [0.4, 0.5) is 11.4 Å². The molecule has 31 heavy (non-hydrogen) atoms. The molecule has 1 aliphatic heterocycles. The molecular weight excluding hydrogens is 390 g/mol. The molecular formula is C24H27N5O2. The summed E-state index contributed by atoms with van der Waals surface area (Å²) in [6.45, 7) is 5.75. The van der Waals surface area contributed by atoms with Gasteiger partial charge in [0.15, 0.2) is 0 Å². The van der Waals surface area contributed by atoms with Crippen molar-refractivity contribution in [3.05, 3.63) is 71.0 Å². The predicted octanol–water partition coefficient (Wildman–Crippen LogP) is 3.37. The van der Waals surface area contributed by atoms with Gasteiger partial charge in [-0.25, -0.2) is 4.68 Å². The normalized spacial score (nSPS) is 13.4. The maximum absolute atomic E-state index is 13.0. The Morgan fingerprint density at radius 1 is 1.06 bits per heavy atom. The average Bonchev–Trinajstić information content (AvgIpc) is 3.38. The lowest BCUT2D eigenvalue weighted by atomic mass is 10.1. The van der Waals surface area contributed by atoms with Crippen LogP contribution in [0.15, 0.2) is 48.5 Å². The zero-order valence-corrected chi connectivity index (χ0v) is 17.9. The van der Waals surface area contributed by atoms with Gasteiger partial charge < -0.3 is 16.0 Å². The number of rotatable bonds is 6. The number of hydrogen-bond donors (Lipinski definition) is 2. The highest BCUT2D eigenvalue weighted by Crippen LogP contribution is 2.30. The maximum Gasteiger partial charge on any atom is 0.248 e. The Labute approximate surface area is 181 Å². The van der Waals surface area contributed by atoms with Gasteiger partial charge in [-0.05, 0) is 57.0 Å². The SMILES string of the molecule is Cc1nn(-c2ccccc2)c(C)c1CC(=O)Nc1cc(C(N)=O)ccc1N1CCCC1. The summed E-state index contributed by atoms with van der Waals surface area (Å²) in [6.07, 6.45) is 2.43. The second kappa shape index (κ2) is 8.63. The first-order chi connectivity index (χ1) is 14.9. The number of aryl methyl sites for hydroxylation is 1. The number of carbonyl (C=O) groups excluding carboxylic acids is 2. The van der Waals surface area contributed by atoms with Crippen LogP contribution >= 0.6 is 0 Å². The third kappa shape index (κ3) is 4.30. The highest BCUT2D eigenvalue weighted by atomic mass is 16.2. The molecule has 0 radical (unpaired) electrons. The number of nitrogens with one attached hydrogen (secondary N) is 1. The number of carbonyl (C=O) groups is 2. The maximum atomic E-state index is 13.0. The minimum absolute atomic E-state index is 0.152. The Kier molecular flexibility index (Phi) is 5.75. The molecule has 2 heterocycles. The lowest BCUT2D eigenvalue weighted by Crippen LogP contribution is -2.23. The molecule has 2 aromatic carbocycles. The van der Waals surface area contributed by atoms with Crippen molar-refractivity contribution in [2.24, 2.45) is 5.73 Å². The second-order valence-corrected chi connectivity index (χ2v) is 7.91. The average molecular weight is 418 g/mol. The van der Waals surface area contributed by atoms with Crippen LogP contribution in [0, 0.1) is 13.8 Å². The van der Waals surface area contributed by atoms with Crippen LogP contribution in [-0.4, -0.2) is 34.7 Å². The van der Waals surface area contributed by atoms with Crippen LogP contribution in [-0.2, 0) is 11.2 Å². The summed E-state index contributed by atoms with van der Waals surface area (Å²) in [5.41, 5.74) is 11.0. The molecule has 3 aromatic rings. The molecule has 1 aliphatic rings. The van der Waals surface area contributed by atoms with Crippen molar-refractivity contribution >= 4 is 23.2 Å². The second-order valence-electron chi connectivity index (χ2n) is 7.91. The number of para-hydroxylation sites is 1. The summed E-state index contributed by atoms with van der Waals surface area (Å²) in [5, 5.41) is 7.63. The van der Waals surface area contributed by atoms with E-state index in [1.54, 1.807) is 12.1 Å². The Balaban J connectivity index is 1.59. The Hall–Kier alpha value is -3.61. The number of hydrogen-bond acceptors (Lipinski definition) is 4. The monoisotopic (exact) mass is 417 g/mol. The third-order valence-electron chi connectivity index (χ3n) is 5.78. The van der Waals surface area contributed by atoms with Gasteiger partial charge in [-0.2, -0.15) is 5.10 Å². The van der Waals surface area contributed by atoms with E-state index in [0.717, 1.165) is 54.3 Å². The minimum atomic E-state index is -0.515. The quantitative estimate of drug-likeness (QED) is 0.643. The molecule has 3 N–H and O–H groups in total. The van der Waals surface area contributed by atoms with Crippen LogP contribution in [0.2, 0.25) is 0 Å². The van der Waals surface area contributed by atoms with E-state index in [-0.39, 0.29) is 12.3 Å². The number of amides is 2. The van der Waals surface area contributed by atoms with Crippen LogP contribution in [0.3, 0.4) is 0 Å². The van der Waals surface area contributed by atoms with Gasteiger partial charge in [0.2, 0.25) is 11.8 Å². The molecule has 0 bridgehead atoms. The summed E-state index contributed by atoms with van der Waals surface area (Å²) in [5.74, 6) is -0.667.